The van der Waals surface area contributed by atoms with Gasteiger partial charge < -0.3 is 89.9 Å². The summed E-state index contributed by atoms with van der Waals surface area (Å²) in [7, 11) is 0. The summed E-state index contributed by atoms with van der Waals surface area (Å²) < 4.78 is 34.5. The highest BCUT2D eigenvalue weighted by Gasteiger charge is 2.54. The van der Waals surface area contributed by atoms with Crippen LogP contribution in [0.2, 0.25) is 0 Å². The molecule has 0 bridgehead atoms. The number of rotatable bonds is 67. The van der Waals surface area contributed by atoms with E-state index in [1.54, 1.807) is 6.08 Å². The number of aliphatic hydroxyl groups excluding tert-OH is 11. The number of hydrogen-bond acceptors (Lipinski definition) is 18. The monoisotopic (exact) mass is 1450 g/mol. The zero-order valence-electron chi connectivity index (χ0n) is 64.1. The molecule has 0 aromatic rings. The molecule has 19 nitrogen and oxygen atoms in total. The molecule has 19 heteroatoms. The smallest absolute Gasteiger partial charge is 0.220 e. The first kappa shape index (κ1) is 94.0. The molecular formula is C83H153NO18. The summed E-state index contributed by atoms with van der Waals surface area (Å²) in [5, 5.41) is 121. The molecule has 3 fully saturated rings. The molecule has 3 heterocycles. The molecule has 3 aliphatic rings. The van der Waals surface area contributed by atoms with Crippen LogP contribution in [0.25, 0.3) is 0 Å². The van der Waals surface area contributed by atoms with Gasteiger partial charge >= 0.3 is 0 Å². The van der Waals surface area contributed by atoms with Gasteiger partial charge in [-0.3, -0.25) is 4.79 Å². The first-order valence-corrected chi connectivity index (χ1v) is 41.9. The largest absolute Gasteiger partial charge is 0.394 e. The van der Waals surface area contributed by atoms with E-state index in [1.165, 1.54) is 263 Å². The molecule has 17 atom stereocenters. The number of carbonyl (C=O) groups is 1. The lowest BCUT2D eigenvalue weighted by atomic mass is 9.96. The van der Waals surface area contributed by atoms with Crippen LogP contribution in [0.1, 0.15) is 341 Å². The van der Waals surface area contributed by atoms with Crippen LogP contribution >= 0.6 is 0 Å². The predicted octanol–water partition coefficient (Wildman–Crippen LogP) is 14.5. The number of allylic oxidation sites excluding steroid dienone is 7. The van der Waals surface area contributed by atoms with Crippen molar-refractivity contribution in [3.63, 3.8) is 0 Å². The van der Waals surface area contributed by atoms with Crippen molar-refractivity contribution in [1.29, 1.82) is 0 Å². The Morgan fingerprint density at radius 2 is 0.657 bits per heavy atom. The van der Waals surface area contributed by atoms with E-state index in [4.69, 9.17) is 28.4 Å². The average Bonchev–Trinajstić information content (AvgIpc) is 0.766. The van der Waals surface area contributed by atoms with E-state index >= 15 is 0 Å². The topological polar surface area (TPSA) is 307 Å². The van der Waals surface area contributed by atoms with Gasteiger partial charge in [0.05, 0.1) is 38.6 Å². The molecular weight excluding hydrogens is 1300 g/mol. The normalized spacial score (nSPS) is 26.4. The van der Waals surface area contributed by atoms with Gasteiger partial charge in [-0.2, -0.15) is 0 Å². The van der Waals surface area contributed by atoms with Crippen molar-refractivity contribution in [2.45, 2.75) is 446 Å². The Labute approximate surface area is 618 Å². The van der Waals surface area contributed by atoms with Crippen LogP contribution in [0.4, 0.5) is 0 Å². The second kappa shape index (κ2) is 63.7. The Morgan fingerprint density at radius 3 is 1.04 bits per heavy atom. The Hall–Kier alpha value is -2.25. The van der Waals surface area contributed by atoms with E-state index in [2.05, 4.69) is 55.6 Å². The van der Waals surface area contributed by atoms with Gasteiger partial charge in [-0.15, -0.1) is 0 Å². The van der Waals surface area contributed by atoms with Crippen LogP contribution < -0.4 is 5.32 Å². The minimum absolute atomic E-state index is 0.237. The lowest BCUT2D eigenvalue weighted by Gasteiger charge is -2.48. The predicted molar refractivity (Wildman–Crippen MR) is 406 cm³/mol. The molecule has 0 aromatic carbocycles. The highest BCUT2D eigenvalue weighted by molar-refractivity contribution is 5.76. The van der Waals surface area contributed by atoms with Gasteiger partial charge in [-0.1, -0.05) is 319 Å². The third-order valence-electron chi connectivity index (χ3n) is 20.8. The Bertz CT molecular complexity index is 2030. The second-order valence-corrected chi connectivity index (χ2v) is 29.9. The summed E-state index contributed by atoms with van der Waals surface area (Å²) in [6.45, 7) is 1.76. The molecule has 0 aromatic heterocycles. The molecule has 3 rings (SSSR count). The molecule has 17 unspecified atom stereocenters. The van der Waals surface area contributed by atoms with E-state index in [-0.39, 0.29) is 18.9 Å². The maximum Gasteiger partial charge on any atom is 0.220 e. The lowest BCUT2D eigenvalue weighted by molar-refractivity contribution is -0.379. The van der Waals surface area contributed by atoms with Gasteiger partial charge in [0.25, 0.3) is 0 Å². The molecule has 12 N–H and O–H groups in total. The number of unbranched alkanes of at least 4 members (excludes halogenated alkanes) is 45. The molecule has 598 valence electrons. The average molecular weight is 1450 g/mol. The lowest BCUT2D eigenvalue weighted by Crippen LogP contribution is -2.66. The minimum atomic E-state index is -1.98. The van der Waals surface area contributed by atoms with Crippen molar-refractivity contribution in [2.24, 2.45) is 0 Å². The number of ether oxygens (including phenoxy) is 6. The van der Waals surface area contributed by atoms with Crippen molar-refractivity contribution < 1.29 is 89.4 Å². The molecule has 0 aliphatic carbocycles. The van der Waals surface area contributed by atoms with Crippen LogP contribution in [-0.2, 0) is 33.2 Å². The molecule has 0 radical (unpaired) electrons. The number of amides is 1. The zero-order chi connectivity index (χ0) is 73.9. The Kier molecular flexibility index (Phi) is 58.6. The number of aliphatic hydroxyl groups is 11. The van der Waals surface area contributed by atoms with Gasteiger partial charge in [-0.25, -0.2) is 0 Å². The summed E-state index contributed by atoms with van der Waals surface area (Å²) in [5.74, 6) is -0.280. The highest BCUT2D eigenvalue weighted by atomic mass is 16.8. The summed E-state index contributed by atoms with van der Waals surface area (Å²) >= 11 is 0. The summed E-state index contributed by atoms with van der Waals surface area (Å²) in [6.07, 6.45) is 53.9. The molecule has 1 amide bonds. The molecule has 3 saturated heterocycles. The Balaban J connectivity index is 1.37. The van der Waals surface area contributed by atoms with Crippen molar-refractivity contribution in [2.75, 3.05) is 26.4 Å². The zero-order valence-corrected chi connectivity index (χ0v) is 64.1. The van der Waals surface area contributed by atoms with E-state index in [1.807, 2.05) is 6.08 Å². The van der Waals surface area contributed by atoms with Crippen molar-refractivity contribution in [3.05, 3.63) is 48.6 Å². The third-order valence-corrected chi connectivity index (χ3v) is 20.8. The fourth-order valence-electron chi connectivity index (χ4n) is 14.1. The Morgan fingerprint density at radius 1 is 0.353 bits per heavy atom. The molecule has 0 spiro atoms. The maximum atomic E-state index is 13.5. The first-order valence-electron chi connectivity index (χ1n) is 41.9. The van der Waals surface area contributed by atoms with Crippen LogP contribution in [0.15, 0.2) is 48.6 Å². The number of nitrogens with one attached hydrogen (secondary N) is 1. The van der Waals surface area contributed by atoms with E-state index in [0.717, 1.165) is 44.9 Å². The van der Waals surface area contributed by atoms with Gasteiger partial charge in [0, 0.05) is 6.42 Å². The maximum absolute atomic E-state index is 13.5. The summed E-state index contributed by atoms with van der Waals surface area (Å²) in [4.78, 5) is 13.5. The van der Waals surface area contributed by atoms with Crippen LogP contribution in [0, 0.1) is 0 Å². The first-order chi connectivity index (χ1) is 49.8. The third kappa shape index (κ3) is 43.1. The van der Waals surface area contributed by atoms with E-state index in [9.17, 15) is 61.0 Å². The standard InChI is InChI=1S/C83H153NO18/c1-3-5-7-9-11-13-15-17-19-21-23-25-27-29-31-33-35-37-39-41-43-45-47-49-51-53-55-57-59-61-71(89)84-66(67(88)60-58-56-54-52-50-48-46-44-42-40-38-36-34-32-30-28-26-24-22-20-18-16-14-12-10-8-6-4-2)65-97-81-77(95)74(92)79(69(63-86)99-81)102-83-78(96)75(93)80(70(64-87)100-83)101-82-76(94)73(91)72(90)68(62-85)98-82/h15,17,21,23,50,52,58,60,66-70,72-83,85-88,90-96H,3-14,16,18-20,22,24-49,51,53-57,59,61-65H2,1-2H3,(H,84,89)/b17-15-,23-21-,52-50+,60-58+. The summed E-state index contributed by atoms with van der Waals surface area (Å²) in [6, 6.07) is -0.992. The SMILES string of the molecule is CCCCCCC/C=C\C/C=C\CCCCCCCCCCCCCCCCCCCC(=O)NC(COC1OC(CO)C(OC2OC(CO)C(OC3OC(CO)C(O)C(O)C3O)C(O)C2O)C(O)C1O)C(O)/C=C/CC/C=C/CCCCCCCCCCCCCCCCCCCCCCCC. The quantitative estimate of drug-likeness (QED) is 0.0199. The van der Waals surface area contributed by atoms with Crippen molar-refractivity contribution >= 4 is 5.91 Å². The fourth-order valence-corrected chi connectivity index (χ4v) is 14.1. The van der Waals surface area contributed by atoms with Gasteiger partial charge in [0.15, 0.2) is 18.9 Å². The van der Waals surface area contributed by atoms with Crippen molar-refractivity contribution in [1.82, 2.24) is 5.32 Å². The molecule has 0 saturated carbocycles. The highest BCUT2D eigenvalue weighted by Crippen LogP contribution is 2.33. The van der Waals surface area contributed by atoms with Crippen molar-refractivity contribution in [3.8, 4) is 0 Å². The molecule has 102 heavy (non-hydrogen) atoms. The summed E-state index contributed by atoms with van der Waals surface area (Å²) in [5.41, 5.74) is 0. The minimum Gasteiger partial charge on any atom is -0.394 e. The van der Waals surface area contributed by atoms with Gasteiger partial charge in [-0.05, 0) is 64.2 Å². The van der Waals surface area contributed by atoms with E-state index < -0.39 is 124 Å². The van der Waals surface area contributed by atoms with Gasteiger partial charge in [0.1, 0.15) is 73.2 Å². The van der Waals surface area contributed by atoms with Crippen LogP contribution in [0.5, 0.6) is 0 Å². The fraction of sp³-hybridized carbons (Fsp3) is 0.892. The molecule has 3 aliphatic heterocycles. The second-order valence-electron chi connectivity index (χ2n) is 29.9. The number of carbonyl (C=O) groups excluding carboxylic acids is 1. The van der Waals surface area contributed by atoms with E-state index in [0.29, 0.717) is 12.8 Å². The number of hydrogen-bond donors (Lipinski definition) is 12. The van der Waals surface area contributed by atoms with Gasteiger partial charge in [0.2, 0.25) is 5.91 Å². The van der Waals surface area contributed by atoms with Crippen LogP contribution in [0.3, 0.4) is 0 Å². The van der Waals surface area contributed by atoms with Crippen LogP contribution in [-0.4, -0.2) is 193 Å².